The number of aliphatic hydroxyl groups is 1. The van der Waals surface area contributed by atoms with Crippen LogP contribution >= 0.6 is 0 Å². The van der Waals surface area contributed by atoms with E-state index in [4.69, 9.17) is 5.26 Å². The number of benzene rings is 1. The second kappa shape index (κ2) is 7.03. The van der Waals surface area contributed by atoms with E-state index in [1.165, 1.54) is 0 Å². The van der Waals surface area contributed by atoms with Gasteiger partial charge in [0.25, 0.3) is 0 Å². The first-order valence-electron chi connectivity index (χ1n) is 6.61. The third kappa shape index (κ3) is 3.48. The molecule has 1 N–H and O–H groups in total. The first-order chi connectivity index (χ1) is 8.63. The van der Waals surface area contributed by atoms with E-state index >= 15 is 0 Å². The van der Waals surface area contributed by atoms with Crippen LogP contribution in [0.2, 0.25) is 0 Å². The van der Waals surface area contributed by atoms with Crippen LogP contribution in [0.25, 0.3) is 0 Å². The highest BCUT2D eigenvalue weighted by Gasteiger charge is 2.14. The van der Waals surface area contributed by atoms with E-state index in [1.54, 1.807) is 13.0 Å². The number of hydrogen-bond acceptors (Lipinski definition) is 3. The summed E-state index contributed by atoms with van der Waals surface area (Å²) in [5.41, 5.74) is 2.54. The summed E-state index contributed by atoms with van der Waals surface area (Å²) < 4.78 is 0. The molecule has 0 bridgehead atoms. The summed E-state index contributed by atoms with van der Waals surface area (Å²) in [5.74, 6) is 0. The summed E-state index contributed by atoms with van der Waals surface area (Å²) in [6, 6.07) is 7.67. The van der Waals surface area contributed by atoms with E-state index in [9.17, 15) is 5.11 Å². The van der Waals surface area contributed by atoms with E-state index in [-0.39, 0.29) is 0 Å². The number of anilines is 1. The monoisotopic (exact) mass is 246 g/mol. The Morgan fingerprint density at radius 2 is 1.89 bits per heavy atom. The summed E-state index contributed by atoms with van der Waals surface area (Å²) in [4.78, 5) is 2.25. The van der Waals surface area contributed by atoms with Crippen molar-refractivity contribution in [3.05, 3.63) is 29.3 Å². The van der Waals surface area contributed by atoms with Gasteiger partial charge < -0.3 is 10.0 Å². The lowest BCUT2D eigenvalue weighted by Crippen LogP contribution is -2.26. The average Bonchev–Trinajstić information content (AvgIpc) is 2.37. The van der Waals surface area contributed by atoms with Crippen LogP contribution in [0.15, 0.2) is 18.2 Å². The Hall–Kier alpha value is -1.53. The van der Waals surface area contributed by atoms with Crippen LogP contribution < -0.4 is 4.90 Å². The standard InChI is InChI=1S/C15H22N2O/c1-4-8-17(9-5-2)15-10-13(11-16)6-7-14(15)12(3)18/h6-7,10,12,18H,4-5,8-9H2,1-3H3/t12-/m0/s1. The van der Waals surface area contributed by atoms with Gasteiger partial charge in [-0.1, -0.05) is 19.9 Å². The van der Waals surface area contributed by atoms with E-state index in [1.807, 2.05) is 12.1 Å². The van der Waals surface area contributed by atoms with Crippen LogP contribution in [0.1, 0.15) is 50.8 Å². The summed E-state index contributed by atoms with van der Waals surface area (Å²) in [6.07, 6.45) is 1.59. The van der Waals surface area contributed by atoms with Crippen LogP contribution in [0.5, 0.6) is 0 Å². The molecule has 98 valence electrons. The zero-order chi connectivity index (χ0) is 13.5. The van der Waals surface area contributed by atoms with E-state index in [2.05, 4.69) is 24.8 Å². The number of hydrogen-bond donors (Lipinski definition) is 1. The first-order valence-corrected chi connectivity index (χ1v) is 6.61. The molecular formula is C15H22N2O. The fourth-order valence-corrected chi connectivity index (χ4v) is 2.13. The maximum absolute atomic E-state index is 9.84. The van der Waals surface area contributed by atoms with Gasteiger partial charge in [-0.15, -0.1) is 0 Å². The molecule has 0 amide bonds. The molecule has 0 saturated heterocycles. The van der Waals surface area contributed by atoms with E-state index in [0.29, 0.717) is 5.56 Å². The lowest BCUT2D eigenvalue weighted by atomic mass is 10.0. The van der Waals surface area contributed by atoms with Crippen molar-refractivity contribution in [3.8, 4) is 6.07 Å². The predicted octanol–water partition coefficient (Wildman–Crippen LogP) is 3.24. The van der Waals surface area contributed by atoms with Crippen LogP contribution in [0.3, 0.4) is 0 Å². The molecule has 18 heavy (non-hydrogen) atoms. The molecule has 0 aliphatic heterocycles. The SMILES string of the molecule is CCCN(CCC)c1cc(C#N)ccc1[C@H](C)O. The van der Waals surface area contributed by atoms with Crippen LogP contribution in [0.4, 0.5) is 5.69 Å². The van der Waals surface area contributed by atoms with Gasteiger partial charge >= 0.3 is 0 Å². The third-order valence-electron chi connectivity index (χ3n) is 2.94. The van der Waals surface area contributed by atoms with Crippen molar-refractivity contribution in [2.45, 2.75) is 39.7 Å². The Kier molecular flexibility index (Phi) is 5.67. The van der Waals surface area contributed by atoms with Gasteiger partial charge in [0.1, 0.15) is 0 Å². The lowest BCUT2D eigenvalue weighted by Gasteiger charge is -2.27. The number of rotatable bonds is 6. The van der Waals surface area contributed by atoms with Gasteiger partial charge in [0, 0.05) is 24.3 Å². The Balaban J connectivity index is 3.19. The van der Waals surface area contributed by atoms with Crippen molar-refractivity contribution in [1.82, 2.24) is 0 Å². The molecule has 0 aliphatic rings. The minimum absolute atomic E-state index is 0.510. The Labute approximate surface area is 110 Å². The minimum atomic E-state index is -0.510. The Bertz CT molecular complexity index is 415. The van der Waals surface area contributed by atoms with Gasteiger partial charge in [-0.2, -0.15) is 5.26 Å². The molecule has 0 unspecified atom stereocenters. The van der Waals surface area contributed by atoms with Crippen LogP contribution in [-0.4, -0.2) is 18.2 Å². The molecule has 0 heterocycles. The summed E-state index contributed by atoms with van der Waals surface area (Å²) >= 11 is 0. The summed E-state index contributed by atoms with van der Waals surface area (Å²) in [7, 11) is 0. The maximum atomic E-state index is 9.84. The molecule has 1 aromatic rings. The summed E-state index contributed by atoms with van der Waals surface area (Å²) in [6.45, 7) is 7.93. The lowest BCUT2D eigenvalue weighted by molar-refractivity contribution is 0.199. The van der Waals surface area contributed by atoms with Gasteiger partial charge in [-0.3, -0.25) is 0 Å². The summed E-state index contributed by atoms with van der Waals surface area (Å²) in [5, 5.41) is 18.8. The maximum Gasteiger partial charge on any atom is 0.0992 e. The predicted molar refractivity (Wildman–Crippen MR) is 74.6 cm³/mol. The van der Waals surface area contributed by atoms with Crippen molar-refractivity contribution < 1.29 is 5.11 Å². The second-order valence-electron chi connectivity index (χ2n) is 4.55. The quantitative estimate of drug-likeness (QED) is 0.838. The number of aliphatic hydroxyl groups excluding tert-OH is 1. The minimum Gasteiger partial charge on any atom is -0.389 e. The molecule has 3 heteroatoms. The third-order valence-corrected chi connectivity index (χ3v) is 2.94. The highest BCUT2D eigenvalue weighted by Crippen LogP contribution is 2.28. The van der Waals surface area contributed by atoms with Crippen molar-refractivity contribution >= 4 is 5.69 Å². The van der Waals surface area contributed by atoms with Crippen molar-refractivity contribution in [2.24, 2.45) is 0 Å². The van der Waals surface area contributed by atoms with Crippen molar-refractivity contribution in [3.63, 3.8) is 0 Å². The van der Waals surface area contributed by atoms with Crippen molar-refractivity contribution in [1.29, 1.82) is 5.26 Å². The number of nitriles is 1. The molecule has 3 nitrogen and oxygen atoms in total. The van der Waals surface area contributed by atoms with Crippen LogP contribution in [-0.2, 0) is 0 Å². The van der Waals surface area contributed by atoms with Gasteiger partial charge in [0.05, 0.1) is 17.7 Å². The zero-order valence-electron chi connectivity index (χ0n) is 11.5. The normalized spacial score (nSPS) is 11.9. The topological polar surface area (TPSA) is 47.3 Å². The Morgan fingerprint density at radius 3 is 2.33 bits per heavy atom. The van der Waals surface area contributed by atoms with Gasteiger partial charge in [-0.25, -0.2) is 0 Å². The molecule has 1 rings (SSSR count). The smallest absolute Gasteiger partial charge is 0.0992 e. The molecule has 0 aromatic heterocycles. The van der Waals surface area contributed by atoms with Crippen LogP contribution in [0, 0.1) is 11.3 Å². The zero-order valence-corrected chi connectivity index (χ0v) is 11.5. The molecule has 0 aliphatic carbocycles. The highest BCUT2D eigenvalue weighted by atomic mass is 16.3. The average molecular weight is 246 g/mol. The van der Waals surface area contributed by atoms with E-state index < -0.39 is 6.10 Å². The molecule has 0 fully saturated rings. The molecule has 1 aromatic carbocycles. The molecule has 0 radical (unpaired) electrons. The second-order valence-corrected chi connectivity index (χ2v) is 4.55. The molecule has 0 saturated carbocycles. The largest absolute Gasteiger partial charge is 0.389 e. The first kappa shape index (κ1) is 14.5. The van der Waals surface area contributed by atoms with Crippen molar-refractivity contribution in [2.75, 3.05) is 18.0 Å². The molecular weight excluding hydrogens is 224 g/mol. The van der Waals surface area contributed by atoms with Gasteiger partial charge in [0.2, 0.25) is 0 Å². The fraction of sp³-hybridized carbons (Fsp3) is 0.533. The molecule has 1 atom stereocenters. The van der Waals surface area contributed by atoms with Gasteiger partial charge in [-0.05, 0) is 31.9 Å². The fourth-order valence-electron chi connectivity index (χ4n) is 2.13. The highest BCUT2D eigenvalue weighted by molar-refractivity contribution is 5.58. The molecule has 0 spiro atoms. The van der Waals surface area contributed by atoms with Gasteiger partial charge in [0.15, 0.2) is 0 Å². The van der Waals surface area contributed by atoms with E-state index in [0.717, 1.165) is 37.2 Å². The Morgan fingerprint density at radius 1 is 1.28 bits per heavy atom. The number of nitrogens with zero attached hydrogens (tertiary/aromatic N) is 2.